The highest BCUT2D eigenvalue weighted by atomic mass is 19.3. The number of ether oxygens (including phenoxy) is 1. The molecule has 0 spiro atoms. The van der Waals surface area contributed by atoms with E-state index in [0.29, 0.717) is 27.7 Å². The Morgan fingerprint density at radius 3 is 2.73 bits per heavy atom. The lowest BCUT2D eigenvalue weighted by molar-refractivity contribution is -0.0499. The molecule has 3 aromatic rings. The molecule has 0 bridgehead atoms. The van der Waals surface area contributed by atoms with Crippen LogP contribution in [0, 0.1) is 6.92 Å². The first-order chi connectivity index (χ1) is 12.5. The van der Waals surface area contributed by atoms with Crippen LogP contribution in [-0.4, -0.2) is 23.7 Å². The number of amides is 1. The highest BCUT2D eigenvalue weighted by Gasteiger charge is 2.11. The van der Waals surface area contributed by atoms with E-state index in [9.17, 15) is 13.6 Å². The number of aryl methyl sites for hydroxylation is 1. The zero-order valence-corrected chi connectivity index (χ0v) is 13.8. The molecule has 0 aliphatic heterocycles. The van der Waals surface area contributed by atoms with Gasteiger partial charge in [0.05, 0.1) is 17.3 Å². The van der Waals surface area contributed by atoms with Crippen LogP contribution in [0.4, 0.5) is 8.78 Å². The molecule has 0 fully saturated rings. The predicted molar refractivity (Wildman–Crippen MR) is 94.6 cm³/mol. The summed E-state index contributed by atoms with van der Waals surface area (Å²) in [5, 5.41) is 4.55. The molecule has 0 radical (unpaired) electrons. The van der Waals surface area contributed by atoms with Crippen molar-refractivity contribution < 1.29 is 18.3 Å². The van der Waals surface area contributed by atoms with Crippen LogP contribution >= 0.6 is 0 Å². The maximum atomic E-state index is 12.5. The molecule has 1 N–H and O–H groups in total. The molecule has 0 aliphatic carbocycles. The zero-order chi connectivity index (χ0) is 18.5. The molecule has 26 heavy (non-hydrogen) atoms. The average Bonchev–Trinajstić information content (AvgIpc) is 2.62. The van der Waals surface area contributed by atoms with Crippen molar-refractivity contribution in [3.8, 4) is 5.75 Å². The van der Waals surface area contributed by atoms with Crippen LogP contribution < -0.4 is 10.2 Å². The fourth-order valence-corrected chi connectivity index (χ4v) is 2.51. The third-order valence-electron chi connectivity index (χ3n) is 3.59. The van der Waals surface area contributed by atoms with E-state index < -0.39 is 12.5 Å². The van der Waals surface area contributed by atoms with Gasteiger partial charge in [-0.05, 0) is 31.2 Å². The summed E-state index contributed by atoms with van der Waals surface area (Å²) in [5.41, 5.74) is 4.57. The van der Waals surface area contributed by atoms with Crippen molar-refractivity contribution in [1.29, 1.82) is 0 Å². The van der Waals surface area contributed by atoms with Gasteiger partial charge in [0.2, 0.25) is 0 Å². The van der Waals surface area contributed by atoms with Crippen LogP contribution in [0.5, 0.6) is 5.75 Å². The van der Waals surface area contributed by atoms with Crippen LogP contribution in [0.3, 0.4) is 0 Å². The number of para-hydroxylation sites is 2. The Bertz CT molecular complexity index is 974. The van der Waals surface area contributed by atoms with E-state index in [-0.39, 0.29) is 5.75 Å². The summed E-state index contributed by atoms with van der Waals surface area (Å²) in [6, 6.07) is 15.1. The van der Waals surface area contributed by atoms with Gasteiger partial charge >= 0.3 is 6.61 Å². The van der Waals surface area contributed by atoms with Crippen LogP contribution in [0.1, 0.15) is 21.6 Å². The van der Waals surface area contributed by atoms with E-state index in [2.05, 4.69) is 20.2 Å². The standard InChI is InChI=1S/C19H15F2N3O2/c1-12-10-15(14-7-3-4-8-16(14)23-12)18(25)24-22-11-13-6-2-5-9-17(13)26-19(20)21/h2-11,19H,1H3,(H,24,25). The summed E-state index contributed by atoms with van der Waals surface area (Å²) in [5.74, 6) is -0.444. The van der Waals surface area contributed by atoms with Crippen LogP contribution in [-0.2, 0) is 0 Å². The number of carbonyl (C=O) groups is 1. The Morgan fingerprint density at radius 2 is 1.92 bits per heavy atom. The number of fused-ring (bicyclic) bond motifs is 1. The summed E-state index contributed by atoms with van der Waals surface area (Å²) in [7, 11) is 0. The molecule has 5 nitrogen and oxygen atoms in total. The summed E-state index contributed by atoms with van der Waals surface area (Å²) in [4.78, 5) is 16.8. The molecule has 3 rings (SSSR count). The number of hydrazone groups is 1. The van der Waals surface area contributed by atoms with Gasteiger partial charge in [0.25, 0.3) is 5.91 Å². The normalized spacial score (nSPS) is 11.2. The van der Waals surface area contributed by atoms with E-state index in [1.165, 1.54) is 12.3 Å². The van der Waals surface area contributed by atoms with E-state index in [4.69, 9.17) is 0 Å². The second kappa shape index (κ2) is 7.69. The fraction of sp³-hybridized carbons (Fsp3) is 0.105. The van der Waals surface area contributed by atoms with Gasteiger partial charge < -0.3 is 4.74 Å². The summed E-state index contributed by atoms with van der Waals surface area (Å²) in [6.45, 7) is -1.14. The topological polar surface area (TPSA) is 63.6 Å². The number of nitrogens with zero attached hydrogens (tertiary/aromatic N) is 2. The number of benzene rings is 2. The first-order valence-electron chi connectivity index (χ1n) is 7.78. The Morgan fingerprint density at radius 1 is 1.19 bits per heavy atom. The lowest BCUT2D eigenvalue weighted by Crippen LogP contribution is -2.18. The van der Waals surface area contributed by atoms with Crippen LogP contribution in [0.25, 0.3) is 10.9 Å². The summed E-state index contributed by atoms with van der Waals surface area (Å²) < 4.78 is 29.2. The van der Waals surface area contributed by atoms with Crippen molar-refractivity contribution in [1.82, 2.24) is 10.4 Å². The Kier molecular flexibility index (Phi) is 5.17. The molecule has 7 heteroatoms. The molecular weight excluding hydrogens is 340 g/mol. The molecule has 1 amide bonds. The minimum Gasteiger partial charge on any atom is -0.434 e. The van der Waals surface area contributed by atoms with Gasteiger partial charge in [0, 0.05) is 16.6 Å². The molecule has 2 aromatic carbocycles. The Balaban J connectivity index is 1.81. The number of pyridine rings is 1. The number of halogens is 2. The SMILES string of the molecule is Cc1cc(C(=O)NN=Cc2ccccc2OC(F)F)c2ccccc2n1. The minimum atomic E-state index is -2.94. The van der Waals surface area contributed by atoms with Gasteiger partial charge in [-0.2, -0.15) is 13.9 Å². The first kappa shape index (κ1) is 17.5. The van der Waals surface area contributed by atoms with Crippen molar-refractivity contribution in [3.63, 3.8) is 0 Å². The van der Waals surface area contributed by atoms with Gasteiger partial charge in [-0.15, -0.1) is 0 Å². The van der Waals surface area contributed by atoms with E-state index in [0.717, 1.165) is 0 Å². The molecule has 0 saturated carbocycles. The molecule has 1 aromatic heterocycles. The number of carbonyl (C=O) groups excluding carboxylic acids is 1. The van der Waals surface area contributed by atoms with Gasteiger partial charge in [-0.25, -0.2) is 5.43 Å². The number of rotatable bonds is 5. The summed E-state index contributed by atoms with van der Waals surface area (Å²) in [6.07, 6.45) is 1.26. The van der Waals surface area contributed by atoms with Crippen molar-refractivity contribution >= 4 is 23.0 Å². The Labute approximate surface area is 148 Å². The minimum absolute atomic E-state index is 0.0225. The monoisotopic (exact) mass is 355 g/mol. The number of alkyl halides is 2. The number of hydrogen-bond acceptors (Lipinski definition) is 4. The molecule has 1 heterocycles. The number of aromatic nitrogens is 1. The summed E-state index contributed by atoms with van der Waals surface area (Å²) >= 11 is 0. The first-order valence-corrected chi connectivity index (χ1v) is 7.78. The second-order valence-corrected chi connectivity index (χ2v) is 5.44. The van der Waals surface area contributed by atoms with Crippen molar-refractivity contribution in [2.24, 2.45) is 5.10 Å². The number of nitrogens with one attached hydrogen (secondary N) is 1. The van der Waals surface area contributed by atoms with Gasteiger partial charge in [0.1, 0.15) is 5.75 Å². The highest BCUT2D eigenvalue weighted by Crippen LogP contribution is 2.19. The maximum absolute atomic E-state index is 12.5. The molecule has 0 saturated heterocycles. The van der Waals surface area contributed by atoms with E-state index in [1.54, 1.807) is 37.3 Å². The van der Waals surface area contributed by atoms with Gasteiger partial charge in [0.15, 0.2) is 0 Å². The highest BCUT2D eigenvalue weighted by molar-refractivity contribution is 6.06. The Hall–Kier alpha value is -3.35. The predicted octanol–water partition coefficient (Wildman–Crippen LogP) is 3.91. The smallest absolute Gasteiger partial charge is 0.387 e. The largest absolute Gasteiger partial charge is 0.434 e. The molecular formula is C19H15F2N3O2. The second-order valence-electron chi connectivity index (χ2n) is 5.44. The average molecular weight is 355 g/mol. The van der Waals surface area contributed by atoms with Crippen molar-refractivity contribution in [2.75, 3.05) is 0 Å². The van der Waals surface area contributed by atoms with E-state index >= 15 is 0 Å². The molecule has 0 aliphatic rings. The zero-order valence-electron chi connectivity index (χ0n) is 13.8. The molecule has 0 atom stereocenters. The van der Waals surface area contributed by atoms with Crippen LogP contribution in [0.15, 0.2) is 59.7 Å². The molecule has 0 unspecified atom stereocenters. The van der Waals surface area contributed by atoms with Crippen molar-refractivity contribution in [3.05, 3.63) is 71.4 Å². The lowest BCUT2D eigenvalue weighted by Gasteiger charge is -2.08. The number of hydrogen-bond donors (Lipinski definition) is 1. The fourth-order valence-electron chi connectivity index (χ4n) is 2.51. The quantitative estimate of drug-likeness (QED) is 0.557. The lowest BCUT2D eigenvalue weighted by atomic mass is 10.1. The van der Waals surface area contributed by atoms with Gasteiger partial charge in [-0.1, -0.05) is 30.3 Å². The van der Waals surface area contributed by atoms with Crippen molar-refractivity contribution in [2.45, 2.75) is 13.5 Å². The third-order valence-corrected chi connectivity index (χ3v) is 3.59. The van der Waals surface area contributed by atoms with E-state index in [1.807, 2.05) is 18.2 Å². The van der Waals surface area contributed by atoms with Gasteiger partial charge in [-0.3, -0.25) is 9.78 Å². The maximum Gasteiger partial charge on any atom is 0.387 e. The van der Waals surface area contributed by atoms with Crippen LogP contribution in [0.2, 0.25) is 0 Å². The molecule has 132 valence electrons. The third kappa shape index (κ3) is 4.00.